The first kappa shape index (κ1) is 13.5. The molecule has 0 spiro atoms. The predicted molar refractivity (Wildman–Crippen MR) is 85.7 cm³/mol. The number of aromatic nitrogens is 2. The fourth-order valence-electron chi connectivity index (χ4n) is 2.62. The van der Waals surface area contributed by atoms with Gasteiger partial charge in [-0.1, -0.05) is 6.07 Å². The van der Waals surface area contributed by atoms with Gasteiger partial charge in [0.15, 0.2) is 0 Å². The van der Waals surface area contributed by atoms with Crippen molar-refractivity contribution >= 4 is 16.6 Å². The van der Waals surface area contributed by atoms with Crippen LogP contribution in [0.3, 0.4) is 0 Å². The van der Waals surface area contributed by atoms with Gasteiger partial charge in [0, 0.05) is 23.5 Å². The molecule has 0 fully saturated rings. The summed E-state index contributed by atoms with van der Waals surface area (Å²) >= 11 is 0. The molecule has 1 aromatic carbocycles. The maximum Gasteiger partial charge on any atom is 0.128 e. The Hall–Kier alpha value is -2.49. The van der Waals surface area contributed by atoms with Crippen molar-refractivity contribution in [1.29, 1.82) is 0 Å². The Bertz CT molecular complexity index is 805. The number of nitrogens with two attached hydrogens (primary N) is 1. The largest absolute Gasteiger partial charge is 0.496 e. The van der Waals surface area contributed by atoms with E-state index in [1.54, 1.807) is 7.11 Å². The van der Waals surface area contributed by atoms with Crippen LogP contribution in [-0.4, -0.2) is 16.7 Å². The maximum atomic E-state index is 6.10. The summed E-state index contributed by atoms with van der Waals surface area (Å²) in [6, 6.07) is 8.13. The molecule has 0 saturated carbocycles. The Morgan fingerprint density at radius 3 is 2.81 bits per heavy atom. The fourth-order valence-corrected chi connectivity index (χ4v) is 2.62. The molecule has 4 heteroatoms. The molecule has 0 aliphatic carbocycles. The molecule has 2 heterocycles. The van der Waals surface area contributed by atoms with Crippen LogP contribution in [0, 0.1) is 13.8 Å². The highest BCUT2D eigenvalue weighted by Gasteiger charge is 2.10. The zero-order valence-electron chi connectivity index (χ0n) is 12.6. The Kier molecular flexibility index (Phi) is 3.29. The highest BCUT2D eigenvalue weighted by atomic mass is 16.5. The van der Waals surface area contributed by atoms with Gasteiger partial charge in [-0.15, -0.1) is 0 Å². The van der Waals surface area contributed by atoms with Gasteiger partial charge in [0.25, 0.3) is 0 Å². The number of fused-ring (bicyclic) bond motifs is 1. The number of rotatable bonds is 3. The molecule has 4 nitrogen and oxygen atoms in total. The molecule has 0 bridgehead atoms. The second kappa shape index (κ2) is 5.13. The smallest absolute Gasteiger partial charge is 0.128 e. The second-order valence-corrected chi connectivity index (χ2v) is 5.26. The van der Waals surface area contributed by atoms with Crippen LogP contribution in [0.25, 0.3) is 10.9 Å². The Morgan fingerprint density at radius 2 is 2.05 bits per heavy atom. The molecule has 3 rings (SSSR count). The molecule has 0 unspecified atom stereocenters. The predicted octanol–water partition coefficient (Wildman–Crippen LogP) is 3.29. The van der Waals surface area contributed by atoms with Gasteiger partial charge in [0.05, 0.1) is 24.9 Å². The van der Waals surface area contributed by atoms with Crippen molar-refractivity contribution in [3.8, 4) is 5.75 Å². The normalized spacial score (nSPS) is 11.0. The lowest BCUT2D eigenvalue weighted by atomic mass is 10.1. The summed E-state index contributed by atoms with van der Waals surface area (Å²) in [5.74, 6) is 0.888. The van der Waals surface area contributed by atoms with Gasteiger partial charge in [-0.3, -0.25) is 4.98 Å². The van der Waals surface area contributed by atoms with Crippen molar-refractivity contribution in [2.45, 2.75) is 20.4 Å². The molecule has 0 atom stereocenters. The van der Waals surface area contributed by atoms with Crippen molar-refractivity contribution in [2.24, 2.45) is 0 Å². The highest BCUT2D eigenvalue weighted by molar-refractivity contribution is 5.86. The van der Waals surface area contributed by atoms with Crippen LogP contribution >= 0.6 is 0 Å². The number of benzene rings is 1. The molecule has 0 aliphatic rings. The van der Waals surface area contributed by atoms with Gasteiger partial charge in [0.2, 0.25) is 0 Å². The molecule has 2 N–H and O–H groups in total. The minimum absolute atomic E-state index is 0.701. The van der Waals surface area contributed by atoms with Gasteiger partial charge in [-0.25, -0.2) is 0 Å². The van der Waals surface area contributed by atoms with Crippen LogP contribution in [0.15, 0.2) is 36.7 Å². The average Bonchev–Trinajstić information content (AvgIpc) is 2.91. The van der Waals surface area contributed by atoms with Crippen molar-refractivity contribution in [3.05, 3.63) is 53.5 Å². The lowest BCUT2D eigenvalue weighted by molar-refractivity contribution is 0.420. The van der Waals surface area contributed by atoms with E-state index in [4.69, 9.17) is 10.5 Å². The number of aryl methyl sites for hydroxylation is 1. The fraction of sp³-hybridized carbons (Fsp3) is 0.235. The van der Waals surface area contributed by atoms with E-state index in [-0.39, 0.29) is 0 Å². The van der Waals surface area contributed by atoms with Crippen molar-refractivity contribution in [2.75, 3.05) is 12.8 Å². The molecular formula is C17H19N3O. The Balaban J connectivity index is 2.05. The zero-order chi connectivity index (χ0) is 15.0. The third-order valence-corrected chi connectivity index (χ3v) is 3.99. The van der Waals surface area contributed by atoms with E-state index >= 15 is 0 Å². The summed E-state index contributed by atoms with van der Waals surface area (Å²) in [4.78, 5) is 4.53. The highest BCUT2D eigenvalue weighted by Crippen LogP contribution is 2.27. The van der Waals surface area contributed by atoms with Gasteiger partial charge < -0.3 is 15.0 Å². The number of pyridine rings is 1. The number of nitrogen functional groups attached to an aromatic ring is 1. The number of anilines is 1. The first-order valence-corrected chi connectivity index (χ1v) is 6.94. The third-order valence-electron chi connectivity index (χ3n) is 3.99. The van der Waals surface area contributed by atoms with Crippen LogP contribution in [-0.2, 0) is 6.54 Å². The van der Waals surface area contributed by atoms with E-state index in [0.717, 1.165) is 39.2 Å². The van der Waals surface area contributed by atoms with E-state index in [0.29, 0.717) is 6.54 Å². The van der Waals surface area contributed by atoms with Gasteiger partial charge in [-0.05, 0) is 43.2 Å². The van der Waals surface area contributed by atoms with Crippen LogP contribution in [0.4, 0.5) is 5.69 Å². The monoisotopic (exact) mass is 281 g/mol. The molecule has 0 amide bonds. The van der Waals surface area contributed by atoms with Crippen LogP contribution in [0.5, 0.6) is 5.75 Å². The third kappa shape index (κ3) is 2.23. The molecule has 0 radical (unpaired) electrons. The number of nitrogens with zero attached hydrogens (tertiary/aromatic N) is 2. The summed E-state index contributed by atoms with van der Waals surface area (Å²) in [6.45, 7) is 4.71. The van der Waals surface area contributed by atoms with Gasteiger partial charge in [0.1, 0.15) is 5.75 Å². The zero-order valence-corrected chi connectivity index (χ0v) is 12.6. The molecule has 0 aliphatic heterocycles. The lowest BCUT2D eigenvalue weighted by Gasteiger charge is -2.12. The number of hydrogen-bond donors (Lipinski definition) is 1. The van der Waals surface area contributed by atoms with E-state index in [9.17, 15) is 0 Å². The Morgan fingerprint density at radius 1 is 1.24 bits per heavy atom. The summed E-state index contributed by atoms with van der Waals surface area (Å²) in [7, 11) is 1.69. The number of hydrogen-bond acceptors (Lipinski definition) is 3. The van der Waals surface area contributed by atoms with E-state index in [1.165, 1.54) is 0 Å². The SMILES string of the molecule is COc1cccc2c1ccn2Cc1ncc(C)c(N)c1C. The quantitative estimate of drug-likeness (QED) is 0.801. The van der Waals surface area contributed by atoms with Crippen molar-refractivity contribution in [3.63, 3.8) is 0 Å². The molecule has 21 heavy (non-hydrogen) atoms. The first-order chi connectivity index (χ1) is 10.1. The van der Waals surface area contributed by atoms with Crippen LogP contribution < -0.4 is 10.5 Å². The minimum Gasteiger partial charge on any atom is -0.496 e. The summed E-state index contributed by atoms with van der Waals surface area (Å²) < 4.78 is 7.57. The van der Waals surface area contributed by atoms with E-state index in [2.05, 4.69) is 27.9 Å². The first-order valence-electron chi connectivity index (χ1n) is 6.94. The molecule has 2 aromatic heterocycles. The Labute approximate surface area is 124 Å². The van der Waals surface area contributed by atoms with Crippen LogP contribution in [0.2, 0.25) is 0 Å². The molecular weight excluding hydrogens is 262 g/mol. The lowest BCUT2D eigenvalue weighted by Crippen LogP contribution is -2.06. The minimum atomic E-state index is 0.701. The topological polar surface area (TPSA) is 53.1 Å². The summed E-state index contributed by atoms with van der Waals surface area (Å²) in [5.41, 5.74) is 11.1. The van der Waals surface area contributed by atoms with E-state index < -0.39 is 0 Å². The van der Waals surface area contributed by atoms with E-state index in [1.807, 2.05) is 32.2 Å². The summed E-state index contributed by atoms with van der Waals surface area (Å²) in [6.07, 6.45) is 3.90. The van der Waals surface area contributed by atoms with Gasteiger partial charge >= 0.3 is 0 Å². The number of ether oxygens (including phenoxy) is 1. The van der Waals surface area contributed by atoms with Crippen molar-refractivity contribution < 1.29 is 4.74 Å². The van der Waals surface area contributed by atoms with Crippen molar-refractivity contribution in [1.82, 2.24) is 9.55 Å². The maximum absolute atomic E-state index is 6.10. The molecule has 3 aromatic rings. The molecule has 0 saturated heterocycles. The number of methoxy groups -OCH3 is 1. The summed E-state index contributed by atoms with van der Waals surface area (Å²) in [5, 5.41) is 1.11. The second-order valence-electron chi connectivity index (χ2n) is 5.26. The standard InChI is InChI=1S/C17H19N3O/c1-11-9-19-14(12(2)17(11)18)10-20-8-7-13-15(20)5-4-6-16(13)21-3/h4-9H,10H2,1-3H3,(H2,18,19). The average molecular weight is 281 g/mol. The van der Waals surface area contributed by atoms with Crippen LogP contribution in [0.1, 0.15) is 16.8 Å². The molecule has 108 valence electrons. The van der Waals surface area contributed by atoms with Gasteiger partial charge in [-0.2, -0.15) is 0 Å².